The fourth-order valence-corrected chi connectivity index (χ4v) is 3.43. The van der Waals surface area contributed by atoms with Crippen LogP contribution >= 0.6 is 0 Å². The maximum atomic E-state index is 12.8. The van der Waals surface area contributed by atoms with Crippen LogP contribution in [0.3, 0.4) is 0 Å². The molecule has 1 aromatic carbocycles. The van der Waals surface area contributed by atoms with Gasteiger partial charge in [0.1, 0.15) is 0 Å². The highest BCUT2D eigenvalue weighted by atomic mass is 16.5. The van der Waals surface area contributed by atoms with Crippen LogP contribution in [0.2, 0.25) is 0 Å². The minimum Gasteiger partial charge on any atom is -0.381 e. The van der Waals surface area contributed by atoms with Crippen LogP contribution in [-0.4, -0.2) is 55.1 Å². The second kappa shape index (κ2) is 6.80. The van der Waals surface area contributed by atoms with E-state index >= 15 is 0 Å². The number of likely N-dealkylation sites (N-methyl/N-ethyl adjacent to an activating group) is 1. The van der Waals surface area contributed by atoms with Crippen LogP contribution in [0.1, 0.15) is 24.5 Å². The quantitative estimate of drug-likeness (QED) is 0.852. The van der Waals surface area contributed by atoms with Crippen LogP contribution in [0, 0.1) is 5.92 Å². The van der Waals surface area contributed by atoms with E-state index in [1.165, 1.54) is 11.1 Å². The van der Waals surface area contributed by atoms with E-state index in [4.69, 9.17) is 4.74 Å². The molecule has 2 aliphatic heterocycles. The van der Waals surface area contributed by atoms with Gasteiger partial charge in [-0.3, -0.25) is 9.69 Å². The molecule has 0 bridgehead atoms. The summed E-state index contributed by atoms with van der Waals surface area (Å²) in [5, 5.41) is 0. The van der Waals surface area contributed by atoms with Crippen molar-refractivity contribution in [3.8, 4) is 0 Å². The molecular weight excluding hydrogens is 276 g/mol. The van der Waals surface area contributed by atoms with Gasteiger partial charge >= 0.3 is 0 Å². The molecule has 0 spiro atoms. The summed E-state index contributed by atoms with van der Waals surface area (Å²) in [5.74, 6) is 0.818. The lowest BCUT2D eigenvalue weighted by atomic mass is 9.99. The van der Waals surface area contributed by atoms with E-state index in [1.54, 1.807) is 0 Å². The molecule has 1 amide bonds. The molecule has 22 heavy (non-hydrogen) atoms. The molecule has 3 rings (SSSR count). The van der Waals surface area contributed by atoms with Gasteiger partial charge in [-0.25, -0.2) is 0 Å². The first-order valence-electron chi connectivity index (χ1n) is 8.28. The zero-order valence-corrected chi connectivity index (χ0v) is 13.6. The first-order chi connectivity index (χ1) is 10.6. The van der Waals surface area contributed by atoms with Gasteiger partial charge in [0.2, 0.25) is 5.91 Å². The first kappa shape index (κ1) is 15.5. The lowest BCUT2D eigenvalue weighted by Crippen LogP contribution is -2.48. The fraction of sp³-hybridized carbons (Fsp3) is 0.611. The molecule has 120 valence electrons. The molecule has 0 aliphatic carbocycles. The average molecular weight is 302 g/mol. The number of carbonyl (C=O) groups excluding carboxylic acids is 1. The van der Waals surface area contributed by atoms with Gasteiger partial charge in [-0.1, -0.05) is 24.3 Å². The number of amides is 1. The Hall–Kier alpha value is -1.39. The Kier molecular flexibility index (Phi) is 4.79. The van der Waals surface area contributed by atoms with Crippen LogP contribution in [-0.2, 0) is 22.5 Å². The number of benzene rings is 1. The molecule has 0 N–H and O–H groups in total. The van der Waals surface area contributed by atoms with Crippen LogP contribution < -0.4 is 0 Å². The number of hydrogen-bond donors (Lipinski definition) is 0. The number of nitrogens with zero attached hydrogens (tertiary/aromatic N) is 2. The molecule has 1 fully saturated rings. The van der Waals surface area contributed by atoms with E-state index in [0.717, 1.165) is 45.7 Å². The monoisotopic (exact) mass is 302 g/mol. The third kappa shape index (κ3) is 3.33. The third-order valence-electron chi connectivity index (χ3n) is 5.03. The van der Waals surface area contributed by atoms with Gasteiger partial charge in [-0.2, -0.15) is 0 Å². The van der Waals surface area contributed by atoms with E-state index < -0.39 is 0 Å². The second-order valence-electron chi connectivity index (χ2n) is 6.62. The number of fused-ring (bicyclic) bond motifs is 1. The van der Waals surface area contributed by atoms with Gasteiger partial charge < -0.3 is 9.64 Å². The van der Waals surface area contributed by atoms with Gasteiger partial charge in [-0.05, 0) is 43.9 Å². The van der Waals surface area contributed by atoms with Crippen molar-refractivity contribution in [3.63, 3.8) is 0 Å². The van der Waals surface area contributed by atoms with Crippen molar-refractivity contribution in [3.05, 3.63) is 35.4 Å². The summed E-state index contributed by atoms with van der Waals surface area (Å²) in [6.07, 6.45) is 2.08. The zero-order valence-electron chi connectivity index (χ0n) is 13.6. The van der Waals surface area contributed by atoms with E-state index in [1.807, 2.05) is 11.8 Å². The van der Waals surface area contributed by atoms with Gasteiger partial charge in [0, 0.05) is 26.2 Å². The second-order valence-corrected chi connectivity index (χ2v) is 6.62. The topological polar surface area (TPSA) is 32.8 Å². The number of rotatable bonds is 4. The van der Waals surface area contributed by atoms with Crippen molar-refractivity contribution < 1.29 is 9.53 Å². The summed E-state index contributed by atoms with van der Waals surface area (Å²) in [4.78, 5) is 17.0. The summed E-state index contributed by atoms with van der Waals surface area (Å²) in [6, 6.07) is 8.39. The predicted molar refractivity (Wildman–Crippen MR) is 86.6 cm³/mol. The molecule has 4 nitrogen and oxygen atoms in total. The number of ether oxygens (including phenoxy) is 1. The Morgan fingerprint density at radius 3 is 2.91 bits per heavy atom. The van der Waals surface area contributed by atoms with Gasteiger partial charge in [0.25, 0.3) is 0 Å². The number of carbonyl (C=O) groups is 1. The lowest BCUT2D eigenvalue weighted by molar-refractivity contribution is -0.137. The van der Waals surface area contributed by atoms with Crippen LogP contribution in [0.15, 0.2) is 24.3 Å². The summed E-state index contributed by atoms with van der Waals surface area (Å²) < 4.78 is 5.43. The van der Waals surface area contributed by atoms with Crippen LogP contribution in [0.4, 0.5) is 0 Å². The van der Waals surface area contributed by atoms with E-state index in [0.29, 0.717) is 5.92 Å². The predicted octanol–water partition coefficient (Wildman–Crippen LogP) is 1.93. The minimum absolute atomic E-state index is 0.0640. The molecule has 0 radical (unpaired) electrons. The molecule has 0 aromatic heterocycles. The van der Waals surface area contributed by atoms with E-state index in [-0.39, 0.29) is 11.9 Å². The highest BCUT2D eigenvalue weighted by molar-refractivity contribution is 5.81. The SMILES string of the molecule is C[C@H](C(=O)N1CCc2ccccc2C1)N(C)C[C@H]1CCOC1. The Balaban J connectivity index is 1.59. The molecular formula is C18H26N2O2. The summed E-state index contributed by atoms with van der Waals surface area (Å²) in [5.41, 5.74) is 2.68. The van der Waals surface area contributed by atoms with Crippen molar-refractivity contribution in [2.75, 3.05) is 33.4 Å². The van der Waals surface area contributed by atoms with Crippen molar-refractivity contribution >= 4 is 5.91 Å². The molecule has 4 heteroatoms. The van der Waals surface area contributed by atoms with Crippen molar-refractivity contribution in [2.24, 2.45) is 5.92 Å². The van der Waals surface area contributed by atoms with Gasteiger partial charge in [0.05, 0.1) is 12.6 Å². The lowest BCUT2D eigenvalue weighted by Gasteiger charge is -2.34. The van der Waals surface area contributed by atoms with E-state index in [2.05, 4.69) is 36.2 Å². The standard InChI is InChI=1S/C18H26N2O2/c1-14(19(2)11-15-8-10-22-13-15)18(21)20-9-7-16-5-3-4-6-17(16)12-20/h3-6,14-15H,7-13H2,1-2H3/t14-,15-/m1/s1. The maximum absolute atomic E-state index is 12.8. The minimum atomic E-state index is -0.0640. The third-order valence-corrected chi connectivity index (χ3v) is 5.03. The average Bonchev–Trinajstić information content (AvgIpc) is 3.06. The van der Waals surface area contributed by atoms with Gasteiger partial charge in [-0.15, -0.1) is 0 Å². The maximum Gasteiger partial charge on any atom is 0.239 e. The highest BCUT2D eigenvalue weighted by Gasteiger charge is 2.28. The normalized spacial score (nSPS) is 22.7. The Morgan fingerprint density at radius 2 is 2.18 bits per heavy atom. The zero-order chi connectivity index (χ0) is 15.5. The van der Waals surface area contributed by atoms with Crippen molar-refractivity contribution in [1.82, 2.24) is 9.80 Å². The molecule has 0 saturated carbocycles. The smallest absolute Gasteiger partial charge is 0.239 e. The summed E-state index contributed by atoms with van der Waals surface area (Å²) in [6.45, 7) is 6.25. The fourth-order valence-electron chi connectivity index (χ4n) is 3.43. The summed E-state index contributed by atoms with van der Waals surface area (Å²) >= 11 is 0. The molecule has 2 atom stereocenters. The van der Waals surface area contributed by atoms with Gasteiger partial charge in [0.15, 0.2) is 0 Å². The molecule has 2 heterocycles. The molecule has 0 unspecified atom stereocenters. The first-order valence-corrected chi connectivity index (χ1v) is 8.28. The Morgan fingerprint density at radius 1 is 1.41 bits per heavy atom. The number of hydrogen-bond acceptors (Lipinski definition) is 3. The van der Waals surface area contributed by atoms with Crippen LogP contribution in [0.5, 0.6) is 0 Å². The van der Waals surface area contributed by atoms with E-state index in [9.17, 15) is 4.79 Å². The highest BCUT2D eigenvalue weighted by Crippen LogP contribution is 2.20. The molecule has 1 saturated heterocycles. The van der Waals surface area contributed by atoms with Crippen molar-refractivity contribution in [2.45, 2.75) is 32.4 Å². The Bertz CT molecular complexity index is 526. The van der Waals surface area contributed by atoms with Crippen LogP contribution in [0.25, 0.3) is 0 Å². The Labute approximate surface area is 133 Å². The largest absolute Gasteiger partial charge is 0.381 e. The van der Waals surface area contributed by atoms with Crippen molar-refractivity contribution in [1.29, 1.82) is 0 Å². The summed E-state index contributed by atoms with van der Waals surface area (Å²) in [7, 11) is 2.05. The molecule has 1 aromatic rings. The molecule has 2 aliphatic rings.